The molecule has 1 saturated carbocycles. The molecule has 3 atom stereocenters. The summed E-state index contributed by atoms with van der Waals surface area (Å²) in [6, 6.07) is 3.34. The summed E-state index contributed by atoms with van der Waals surface area (Å²) < 4.78 is 2.04. The molecule has 8 heteroatoms. The molecule has 2 aromatic heterocycles. The number of nitrogens with one attached hydrogen (secondary N) is 1. The van der Waals surface area contributed by atoms with Crippen LogP contribution in [0, 0.1) is 5.92 Å². The van der Waals surface area contributed by atoms with Crippen LogP contribution < -0.4 is 5.32 Å². The number of hydrogen-bond donors (Lipinski definition) is 2. The van der Waals surface area contributed by atoms with Gasteiger partial charge in [0.25, 0.3) is 0 Å². The quantitative estimate of drug-likeness (QED) is 0.728. The summed E-state index contributed by atoms with van der Waals surface area (Å²) in [6.07, 6.45) is 8.36. The standard InChI is InChI=1S/C17H17Cl2N5O/c18-11-5-13-14(6-12(11)19)22-17(7-21-13)23-15-3-10(4-16(15)25)8-24-2-1-20-9-24/h1-2,5-7,9-10,15-16,25H,3-4,8H2,(H,22,23)/t10?,15-,16-/m1/s1. The third kappa shape index (κ3) is 3.56. The van der Waals surface area contributed by atoms with Gasteiger partial charge in [0.15, 0.2) is 0 Å². The second-order valence-electron chi connectivity index (χ2n) is 6.43. The first-order chi connectivity index (χ1) is 12.1. The van der Waals surface area contributed by atoms with Crippen molar-refractivity contribution in [2.45, 2.75) is 31.5 Å². The van der Waals surface area contributed by atoms with Gasteiger partial charge >= 0.3 is 0 Å². The molecule has 0 aliphatic heterocycles. The van der Waals surface area contributed by atoms with Gasteiger partial charge < -0.3 is 15.0 Å². The minimum absolute atomic E-state index is 0.0527. The lowest BCUT2D eigenvalue weighted by Crippen LogP contribution is -2.28. The Morgan fingerprint density at radius 1 is 1.20 bits per heavy atom. The zero-order valence-corrected chi connectivity index (χ0v) is 14.8. The third-order valence-electron chi connectivity index (χ3n) is 4.57. The number of imidazole rings is 1. The molecule has 1 unspecified atom stereocenters. The van der Waals surface area contributed by atoms with Gasteiger partial charge in [-0.25, -0.2) is 9.97 Å². The van der Waals surface area contributed by atoms with Crippen molar-refractivity contribution in [2.75, 3.05) is 5.32 Å². The van der Waals surface area contributed by atoms with Crippen molar-refractivity contribution in [1.82, 2.24) is 19.5 Å². The fraction of sp³-hybridized carbons (Fsp3) is 0.353. The van der Waals surface area contributed by atoms with E-state index in [2.05, 4.69) is 20.3 Å². The molecule has 4 rings (SSSR count). The maximum atomic E-state index is 10.4. The molecule has 1 aliphatic carbocycles. The van der Waals surface area contributed by atoms with Gasteiger partial charge in [-0.1, -0.05) is 23.2 Å². The molecule has 0 amide bonds. The molecule has 0 radical (unpaired) electrons. The van der Waals surface area contributed by atoms with Crippen LogP contribution in [0.4, 0.5) is 5.82 Å². The van der Waals surface area contributed by atoms with Gasteiger partial charge in [-0.3, -0.25) is 4.98 Å². The third-order valence-corrected chi connectivity index (χ3v) is 5.29. The summed E-state index contributed by atoms with van der Waals surface area (Å²) in [4.78, 5) is 13.0. The highest BCUT2D eigenvalue weighted by atomic mass is 35.5. The Morgan fingerprint density at radius 3 is 2.76 bits per heavy atom. The van der Waals surface area contributed by atoms with E-state index in [0.29, 0.717) is 32.8 Å². The maximum absolute atomic E-state index is 10.4. The molecule has 0 saturated heterocycles. The molecule has 2 N–H and O–H groups in total. The molecule has 0 bridgehead atoms. The fourth-order valence-corrected chi connectivity index (χ4v) is 3.70. The monoisotopic (exact) mass is 377 g/mol. The van der Waals surface area contributed by atoms with Crippen LogP contribution >= 0.6 is 23.2 Å². The second-order valence-corrected chi connectivity index (χ2v) is 7.24. The van der Waals surface area contributed by atoms with E-state index >= 15 is 0 Å². The van der Waals surface area contributed by atoms with E-state index in [9.17, 15) is 5.11 Å². The predicted octanol–water partition coefficient (Wildman–Crippen LogP) is 3.38. The van der Waals surface area contributed by atoms with E-state index in [1.807, 2.05) is 10.8 Å². The van der Waals surface area contributed by atoms with E-state index in [0.717, 1.165) is 19.4 Å². The number of halogens is 2. The molecule has 0 spiro atoms. The van der Waals surface area contributed by atoms with Crippen molar-refractivity contribution in [1.29, 1.82) is 0 Å². The van der Waals surface area contributed by atoms with E-state index in [4.69, 9.17) is 23.2 Å². The SMILES string of the molecule is O[C@@H]1CC(Cn2ccnc2)C[C@H]1Nc1cnc2cc(Cl)c(Cl)cc2n1. The average Bonchev–Trinajstić information content (AvgIpc) is 3.19. The van der Waals surface area contributed by atoms with E-state index < -0.39 is 6.10 Å². The number of aromatic nitrogens is 4. The van der Waals surface area contributed by atoms with Crippen LogP contribution in [-0.2, 0) is 6.54 Å². The summed E-state index contributed by atoms with van der Waals surface area (Å²) in [5, 5.41) is 14.6. The van der Waals surface area contributed by atoms with E-state index in [1.54, 1.807) is 30.9 Å². The van der Waals surface area contributed by atoms with Gasteiger partial charge in [-0.05, 0) is 30.9 Å². The average molecular weight is 378 g/mol. The summed E-state index contributed by atoms with van der Waals surface area (Å²) in [5.74, 6) is 1.02. The number of hydrogen-bond acceptors (Lipinski definition) is 5. The van der Waals surface area contributed by atoms with Gasteiger partial charge in [0.05, 0.1) is 45.7 Å². The van der Waals surface area contributed by atoms with E-state index in [1.165, 1.54) is 0 Å². The van der Waals surface area contributed by atoms with Crippen LogP contribution in [-0.4, -0.2) is 36.8 Å². The number of anilines is 1. The molecule has 130 valence electrons. The molecular formula is C17H17Cl2N5O. The van der Waals surface area contributed by atoms with Crippen molar-refractivity contribution < 1.29 is 5.11 Å². The van der Waals surface area contributed by atoms with Crippen LogP contribution in [0.5, 0.6) is 0 Å². The molecule has 25 heavy (non-hydrogen) atoms. The Kier molecular flexibility index (Phi) is 4.50. The summed E-state index contributed by atoms with van der Waals surface area (Å²) in [5.41, 5.74) is 1.35. The van der Waals surface area contributed by atoms with Crippen molar-refractivity contribution >= 4 is 40.1 Å². The predicted molar refractivity (Wildman–Crippen MR) is 97.9 cm³/mol. The Labute approximate surface area is 154 Å². The van der Waals surface area contributed by atoms with Gasteiger partial charge in [-0.2, -0.15) is 0 Å². The molecule has 1 aliphatic rings. The lowest BCUT2D eigenvalue weighted by molar-refractivity contribution is 0.166. The lowest BCUT2D eigenvalue weighted by atomic mass is 10.1. The minimum atomic E-state index is -0.417. The number of rotatable bonds is 4. The zero-order valence-electron chi connectivity index (χ0n) is 13.3. The number of aliphatic hydroxyl groups is 1. The summed E-state index contributed by atoms with van der Waals surface area (Å²) in [6.45, 7) is 0.854. The zero-order chi connectivity index (χ0) is 17.4. The second kappa shape index (κ2) is 6.78. The highest BCUT2D eigenvalue weighted by Crippen LogP contribution is 2.30. The molecule has 1 aromatic carbocycles. The van der Waals surface area contributed by atoms with Crippen LogP contribution in [0.3, 0.4) is 0 Å². The number of benzene rings is 1. The topological polar surface area (TPSA) is 75.9 Å². The number of fused-ring (bicyclic) bond motifs is 1. The largest absolute Gasteiger partial charge is 0.391 e. The maximum Gasteiger partial charge on any atom is 0.145 e. The molecule has 6 nitrogen and oxygen atoms in total. The highest BCUT2D eigenvalue weighted by molar-refractivity contribution is 6.42. The van der Waals surface area contributed by atoms with Gasteiger partial charge in [0.1, 0.15) is 5.82 Å². The van der Waals surface area contributed by atoms with Crippen LogP contribution in [0.15, 0.2) is 37.1 Å². The summed E-state index contributed by atoms with van der Waals surface area (Å²) >= 11 is 12.1. The molecule has 2 heterocycles. The summed E-state index contributed by atoms with van der Waals surface area (Å²) in [7, 11) is 0. The highest BCUT2D eigenvalue weighted by Gasteiger charge is 2.33. The number of nitrogens with zero attached hydrogens (tertiary/aromatic N) is 4. The molecule has 1 fully saturated rings. The lowest BCUT2D eigenvalue weighted by Gasteiger charge is -2.17. The van der Waals surface area contributed by atoms with Crippen LogP contribution in [0.1, 0.15) is 12.8 Å². The normalized spacial score (nSPS) is 23.2. The van der Waals surface area contributed by atoms with Gasteiger partial charge in [0.2, 0.25) is 0 Å². The van der Waals surface area contributed by atoms with Crippen molar-refractivity contribution in [3.05, 3.63) is 47.1 Å². The Balaban J connectivity index is 1.48. The van der Waals surface area contributed by atoms with E-state index in [-0.39, 0.29) is 6.04 Å². The van der Waals surface area contributed by atoms with Crippen LogP contribution in [0.2, 0.25) is 10.0 Å². The van der Waals surface area contributed by atoms with Gasteiger partial charge in [-0.15, -0.1) is 0 Å². The Bertz CT molecular complexity index is 886. The smallest absolute Gasteiger partial charge is 0.145 e. The Morgan fingerprint density at radius 2 is 2.00 bits per heavy atom. The van der Waals surface area contributed by atoms with Crippen molar-refractivity contribution in [2.24, 2.45) is 5.92 Å². The van der Waals surface area contributed by atoms with Crippen molar-refractivity contribution in [3.8, 4) is 0 Å². The van der Waals surface area contributed by atoms with Crippen molar-refractivity contribution in [3.63, 3.8) is 0 Å². The minimum Gasteiger partial charge on any atom is -0.391 e. The van der Waals surface area contributed by atoms with Gasteiger partial charge in [0, 0.05) is 18.9 Å². The van der Waals surface area contributed by atoms with Crippen LogP contribution in [0.25, 0.3) is 11.0 Å². The first-order valence-electron chi connectivity index (χ1n) is 8.10. The fourth-order valence-electron chi connectivity index (χ4n) is 3.38. The number of aliphatic hydroxyl groups excluding tert-OH is 1. The molecule has 3 aromatic rings. The first-order valence-corrected chi connectivity index (χ1v) is 8.86. The molecular weight excluding hydrogens is 361 g/mol. The Hall–Kier alpha value is -1.89. The first kappa shape index (κ1) is 16.6.